The smallest absolute Gasteiger partial charge is 0.191 e. The van der Waals surface area contributed by atoms with Gasteiger partial charge in [-0.15, -0.1) is 24.0 Å². The van der Waals surface area contributed by atoms with E-state index in [0.717, 1.165) is 18.6 Å². The zero-order chi connectivity index (χ0) is 18.3. The van der Waals surface area contributed by atoms with Crippen molar-refractivity contribution in [2.45, 2.75) is 94.9 Å². The molecule has 2 heterocycles. The van der Waals surface area contributed by atoms with Gasteiger partial charge in [-0.05, 0) is 44.9 Å². The minimum atomic E-state index is 0. The number of halogens is 1. The molecule has 2 N–H and O–H groups in total. The molecule has 0 aromatic rings. The number of nitrogens with zero attached hydrogens (tertiary/aromatic N) is 2. The van der Waals surface area contributed by atoms with Gasteiger partial charge in [-0.3, -0.25) is 4.99 Å². The van der Waals surface area contributed by atoms with E-state index in [1.54, 1.807) is 0 Å². The topological polar surface area (TPSA) is 48.9 Å². The summed E-state index contributed by atoms with van der Waals surface area (Å²) in [6, 6.07) is 2.02. The fraction of sp³-hybridized carbons (Fsp3) is 0.955. The molecule has 0 aromatic heterocycles. The van der Waals surface area contributed by atoms with Crippen molar-refractivity contribution in [3.05, 3.63) is 0 Å². The molecule has 3 aliphatic carbocycles. The van der Waals surface area contributed by atoms with Gasteiger partial charge < -0.3 is 20.3 Å². The van der Waals surface area contributed by atoms with Crippen molar-refractivity contribution in [3.63, 3.8) is 0 Å². The molecule has 28 heavy (non-hydrogen) atoms. The third kappa shape index (κ3) is 3.70. The SMILES string of the molecule is CN=C(NC1CCN(C2CCCC2)CC1)NC1C2CCOC2C12CCCC2.I. The lowest BCUT2D eigenvalue weighted by atomic mass is 9.54. The van der Waals surface area contributed by atoms with E-state index in [1.807, 2.05) is 7.05 Å². The Morgan fingerprint density at radius 1 is 0.964 bits per heavy atom. The van der Waals surface area contributed by atoms with Crippen molar-refractivity contribution in [1.29, 1.82) is 0 Å². The molecule has 2 aliphatic heterocycles. The Kier molecular flexibility index (Phi) is 6.77. The van der Waals surface area contributed by atoms with Gasteiger partial charge in [-0.2, -0.15) is 0 Å². The molecule has 160 valence electrons. The number of fused-ring (bicyclic) bond motifs is 2. The first kappa shape index (κ1) is 21.2. The standard InChI is InChI=1S/C22H38N4O.HI/c1-23-21(24-16-8-13-26(14-9-16)17-6-2-3-7-17)25-19-18-10-15-27-20(18)22(19)11-4-5-12-22;/h16-20H,2-15H2,1H3,(H2,23,24,25);1H. The fourth-order valence-corrected chi connectivity index (χ4v) is 7.09. The third-order valence-electron chi connectivity index (χ3n) is 8.51. The van der Waals surface area contributed by atoms with E-state index >= 15 is 0 Å². The third-order valence-corrected chi connectivity index (χ3v) is 8.51. The van der Waals surface area contributed by atoms with Gasteiger partial charge in [0.2, 0.25) is 0 Å². The molecule has 0 bridgehead atoms. The Morgan fingerprint density at radius 3 is 2.36 bits per heavy atom. The molecular weight excluding hydrogens is 463 g/mol. The van der Waals surface area contributed by atoms with Crippen LogP contribution in [-0.2, 0) is 4.74 Å². The fourth-order valence-electron chi connectivity index (χ4n) is 7.09. The lowest BCUT2D eigenvalue weighted by molar-refractivity contribution is -0.125. The second kappa shape index (κ2) is 8.96. The molecule has 0 aromatic carbocycles. The number of piperidine rings is 1. The van der Waals surface area contributed by atoms with Crippen molar-refractivity contribution in [1.82, 2.24) is 15.5 Å². The summed E-state index contributed by atoms with van der Waals surface area (Å²) in [5, 5.41) is 7.64. The van der Waals surface area contributed by atoms with Gasteiger partial charge in [-0.25, -0.2) is 0 Å². The van der Waals surface area contributed by atoms with Gasteiger partial charge in [0.25, 0.3) is 0 Å². The van der Waals surface area contributed by atoms with Crippen LogP contribution in [0.3, 0.4) is 0 Å². The molecule has 5 rings (SSSR count). The van der Waals surface area contributed by atoms with Crippen molar-refractivity contribution < 1.29 is 4.74 Å². The predicted octanol–water partition coefficient (Wildman–Crippen LogP) is 3.52. The average molecular weight is 502 g/mol. The summed E-state index contributed by atoms with van der Waals surface area (Å²) < 4.78 is 6.14. The highest BCUT2D eigenvalue weighted by Gasteiger charge is 2.65. The Morgan fingerprint density at radius 2 is 1.68 bits per heavy atom. The maximum atomic E-state index is 6.14. The van der Waals surface area contributed by atoms with Gasteiger partial charge in [0.1, 0.15) is 0 Å². The first-order valence-electron chi connectivity index (χ1n) is 11.7. The van der Waals surface area contributed by atoms with Crippen LogP contribution >= 0.6 is 24.0 Å². The van der Waals surface area contributed by atoms with Crippen LogP contribution in [0.15, 0.2) is 4.99 Å². The Hall–Kier alpha value is -0.0800. The molecule has 5 fully saturated rings. The lowest BCUT2D eigenvalue weighted by Crippen LogP contribution is -2.69. The lowest BCUT2D eigenvalue weighted by Gasteiger charge is -2.57. The summed E-state index contributed by atoms with van der Waals surface area (Å²) in [5.41, 5.74) is 0.393. The largest absolute Gasteiger partial charge is 0.377 e. The number of guanidine groups is 1. The second-order valence-electron chi connectivity index (χ2n) is 9.77. The van der Waals surface area contributed by atoms with Crippen LogP contribution < -0.4 is 10.6 Å². The maximum absolute atomic E-state index is 6.14. The van der Waals surface area contributed by atoms with Gasteiger partial charge in [0, 0.05) is 56.2 Å². The highest BCUT2D eigenvalue weighted by atomic mass is 127. The monoisotopic (exact) mass is 502 g/mol. The van der Waals surface area contributed by atoms with Gasteiger partial charge in [0.15, 0.2) is 5.96 Å². The summed E-state index contributed by atoms with van der Waals surface area (Å²) >= 11 is 0. The highest BCUT2D eigenvalue weighted by Crippen LogP contribution is 2.60. The number of aliphatic imine (C=N–C) groups is 1. The molecule has 1 spiro atoms. The Bertz CT molecular complexity index is 551. The average Bonchev–Trinajstić information content (AvgIpc) is 3.46. The van der Waals surface area contributed by atoms with Crippen LogP contribution in [0.4, 0.5) is 0 Å². The minimum absolute atomic E-state index is 0. The first-order chi connectivity index (χ1) is 13.3. The van der Waals surface area contributed by atoms with E-state index < -0.39 is 0 Å². The number of likely N-dealkylation sites (tertiary alicyclic amines) is 1. The summed E-state index contributed by atoms with van der Waals surface area (Å²) in [7, 11) is 1.94. The van der Waals surface area contributed by atoms with E-state index in [4.69, 9.17) is 4.74 Å². The van der Waals surface area contributed by atoms with E-state index in [0.29, 0.717) is 29.5 Å². The van der Waals surface area contributed by atoms with Crippen molar-refractivity contribution in [2.24, 2.45) is 16.3 Å². The number of rotatable bonds is 3. The van der Waals surface area contributed by atoms with Crippen molar-refractivity contribution in [3.8, 4) is 0 Å². The van der Waals surface area contributed by atoms with E-state index in [1.165, 1.54) is 83.7 Å². The van der Waals surface area contributed by atoms with Crippen molar-refractivity contribution >= 4 is 29.9 Å². The van der Waals surface area contributed by atoms with E-state index in [-0.39, 0.29) is 24.0 Å². The minimum Gasteiger partial charge on any atom is -0.377 e. The zero-order valence-corrected chi connectivity index (χ0v) is 19.8. The molecule has 0 radical (unpaired) electrons. The molecule has 3 atom stereocenters. The molecule has 3 saturated carbocycles. The molecular formula is C22H39IN4O. The predicted molar refractivity (Wildman–Crippen MR) is 124 cm³/mol. The van der Waals surface area contributed by atoms with E-state index in [2.05, 4.69) is 20.5 Å². The van der Waals surface area contributed by atoms with Crippen molar-refractivity contribution in [2.75, 3.05) is 26.7 Å². The molecule has 5 aliphatic rings. The first-order valence-corrected chi connectivity index (χ1v) is 11.7. The normalized spacial score (nSPS) is 36.2. The number of ether oxygens (including phenoxy) is 1. The van der Waals surface area contributed by atoms with Crippen LogP contribution in [-0.4, -0.2) is 61.8 Å². The summed E-state index contributed by atoms with van der Waals surface area (Å²) in [6.07, 6.45) is 15.4. The van der Waals surface area contributed by atoms with Crippen LogP contribution in [0.2, 0.25) is 0 Å². The quantitative estimate of drug-likeness (QED) is 0.352. The molecule has 3 unspecified atom stereocenters. The maximum Gasteiger partial charge on any atom is 0.191 e. The summed E-state index contributed by atoms with van der Waals surface area (Å²) in [6.45, 7) is 3.47. The van der Waals surface area contributed by atoms with Crippen LogP contribution in [0, 0.1) is 11.3 Å². The Balaban J connectivity index is 0.00000192. The number of hydrogen-bond acceptors (Lipinski definition) is 3. The van der Waals surface area contributed by atoms with Gasteiger partial charge in [-0.1, -0.05) is 25.7 Å². The van der Waals surface area contributed by atoms with Crippen LogP contribution in [0.5, 0.6) is 0 Å². The van der Waals surface area contributed by atoms with Crippen LogP contribution in [0.1, 0.15) is 70.6 Å². The molecule has 6 heteroatoms. The highest BCUT2D eigenvalue weighted by molar-refractivity contribution is 14.0. The molecule has 0 amide bonds. The molecule has 5 nitrogen and oxygen atoms in total. The summed E-state index contributed by atoms with van der Waals surface area (Å²) in [5.74, 6) is 1.74. The summed E-state index contributed by atoms with van der Waals surface area (Å²) in [4.78, 5) is 7.36. The number of hydrogen-bond donors (Lipinski definition) is 2. The Labute approximate surface area is 187 Å². The second-order valence-corrected chi connectivity index (χ2v) is 9.77. The van der Waals surface area contributed by atoms with Crippen LogP contribution in [0.25, 0.3) is 0 Å². The van der Waals surface area contributed by atoms with E-state index in [9.17, 15) is 0 Å². The van der Waals surface area contributed by atoms with Gasteiger partial charge >= 0.3 is 0 Å². The molecule has 2 saturated heterocycles. The van der Waals surface area contributed by atoms with Gasteiger partial charge in [0.05, 0.1) is 6.10 Å². The number of nitrogens with one attached hydrogen (secondary N) is 2. The zero-order valence-electron chi connectivity index (χ0n) is 17.5.